The number of alkyl halides is 2. The van der Waals surface area contributed by atoms with Crippen LogP contribution in [0.4, 0.5) is 8.78 Å². The lowest BCUT2D eigenvalue weighted by atomic mass is 9.72. The van der Waals surface area contributed by atoms with Crippen molar-refractivity contribution >= 4 is 22.8 Å². The fourth-order valence-electron chi connectivity index (χ4n) is 4.33. The van der Waals surface area contributed by atoms with Crippen LogP contribution in [0.5, 0.6) is 11.5 Å². The highest BCUT2D eigenvalue weighted by atomic mass is 19.3. The van der Waals surface area contributed by atoms with Crippen molar-refractivity contribution in [2.24, 2.45) is 5.92 Å². The second-order valence-electron chi connectivity index (χ2n) is 7.75. The van der Waals surface area contributed by atoms with Crippen LogP contribution in [-0.4, -0.2) is 33.3 Å². The lowest BCUT2D eigenvalue weighted by Gasteiger charge is -2.31. The maximum Gasteiger partial charge on any atom is 0.387 e. The number of hydrogen-bond donors (Lipinski definition) is 2. The van der Waals surface area contributed by atoms with Gasteiger partial charge in [-0.1, -0.05) is 6.42 Å². The zero-order valence-electron chi connectivity index (χ0n) is 16.7. The average Bonchev–Trinajstić information content (AvgIpc) is 2.94. The molecule has 0 bridgehead atoms. The monoisotopic (exact) mass is 429 g/mol. The van der Waals surface area contributed by atoms with Gasteiger partial charge in [0.05, 0.1) is 11.4 Å². The highest BCUT2D eigenvalue weighted by Crippen LogP contribution is 2.44. The van der Waals surface area contributed by atoms with Gasteiger partial charge >= 0.3 is 12.6 Å². The molecule has 1 aliphatic rings. The number of nitrogens with zero attached hydrogens (tertiary/aromatic N) is 1. The van der Waals surface area contributed by atoms with E-state index in [4.69, 9.17) is 0 Å². The summed E-state index contributed by atoms with van der Waals surface area (Å²) < 4.78 is 30.5. The van der Waals surface area contributed by atoms with Gasteiger partial charge in [0.1, 0.15) is 11.5 Å². The summed E-state index contributed by atoms with van der Waals surface area (Å²) in [5.74, 6) is -2.30. The Kier molecular flexibility index (Phi) is 5.39. The molecule has 1 fully saturated rings. The number of carbonyl (C=O) groups is 2. The molecule has 1 aliphatic carbocycles. The van der Waals surface area contributed by atoms with Crippen molar-refractivity contribution in [1.82, 2.24) is 4.57 Å². The van der Waals surface area contributed by atoms with Crippen LogP contribution in [0, 0.1) is 12.8 Å². The molecular weight excluding hydrogens is 408 g/mol. The molecule has 3 aromatic rings. The molecule has 0 saturated heterocycles. The third kappa shape index (κ3) is 3.73. The number of rotatable bonds is 6. The molecule has 8 heteroatoms. The number of benzene rings is 2. The number of carboxylic acids is 1. The average molecular weight is 429 g/mol. The number of aromatic nitrogens is 1. The van der Waals surface area contributed by atoms with Crippen LogP contribution >= 0.6 is 0 Å². The Balaban J connectivity index is 1.84. The lowest BCUT2D eigenvalue weighted by Crippen LogP contribution is -2.27. The summed E-state index contributed by atoms with van der Waals surface area (Å²) in [6.07, 6.45) is 2.55. The van der Waals surface area contributed by atoms with Gasteiger partial charge in [-0.15, -0.1) is 0 Å². The summed E-state index contributed by atoms with van der Waals surface area (Å²) in [5, 5.41) is 20.5. The van der Waals surface area contributed by atoms with Gasteiger partial charge in [-0.2, -0.15) is 8.78 Å². The Hall–Kier alpha value is -3.42. The van der Waals surface area contributed by atoms with Crippen molar-refractivity contribution in [3.63, 3.8) is 0 Å². The molecule has 31 heavy (non-hydrogen) atoms. The minimum atomic E-state index is -2.97. The first-order valence-electron chi connectivity index (χ1n) is 9.94. The molecular formula is C23H21F2NO5. The molecule has 0 radical (unpaired) electrons. The SMILES string of the molecule is Cc1c(C(C(=O)O)C2CCC2)c2cc(O)ccc2n1C(=O)c1ccc(OC(F)F)cc1. The first-order chi connectivity index (χ1) is 14.8. The van der Waals surface area contributed by atoms with Gasteiger partial charge in [0.15, 0.2) is 0 Å². The molecule has 4 rings (SSSR count). The topological polar surface area (TPSA) is 88.8 Å². The number of fused-ring (bicyclic) bond motifs is 1. The third-order valence-corrected chi connectivity index (χ3v) is 5.96. The molecule has 0 spiro atoms. The predicted octanol–water partition coefficient (Wildman–Crippen LogP) is 4.91. The Morgan fingerprint density at radius 3 is 2.35 bits per heavy atom. The van der Waals surface area contributed by atoms with Crippen molar-refractivity contribution in [1.29, 1.82) is 0 Å². The van der Waals surface area contributed by atoms with E-state index in [0.717, 1.165) is 19.3 Å². The number of halogens is 2. The van der Waals surface area contributed by atoms with Crippen molar-refractivity contribution in [3.8, 4) is 11.5 Å². The summed E-state index contributed by atoms with van der Waals surface area (Å²) >= 11 is 0. The molecule has 0 aliphatic heterocycles. The lowest BCUT2D eigenvalue weighted by molar-refractivity contribution is -0.141. The van der Waals surface area contributed by atoms with E-state index in [1.165, 1.54) is 41.0 Å². The van der Waals surface area contributed by atoms with E-state index in [2.05, 4.69) is 4.74 Å². The largest absolute Gasteiger partial charge is 0.508 e. The van der Waals surface area contributed by atoms with Gasteiger partial charge in [0.2, 0.25) is 0 Å². The first-order valence-corrected chi connectivity index (χ1v) is 9.94. The molecule has 2 N–H and O–H groups in total. The van der Waals surface area contributed by atoms with Crippen LogP contribution in [-0.2, 0) is 4.79 Å². The molecule has 1 saturated carbocycles. The molecule has 2 aromatic carbocycles. The third-order valence-electron chi connectivity index (χ3n) is 5.96. The highest BCUT2D eigenvalue weighted by molar-refractivity contribution is 6.05. The van der Waals surface area contributed by atoms with Crippen molar-refractivity contribution in [2.45, 2.75) is 38.7 Å². The van der Waals surface area contributed by atoms with Crippen LogP contribution in [0.15, 0.2) is 42.5 Å². The zero-order valence-corrected chi connectivity index (χ0v) is 16.7. The number of phenolic OH excluding ortho intramolecular Hbond substituents is 1. The summed E-state index contributed by atoms with van der Waals surface area (Å²) in [6.45, 7) is -1.28. The van der Waals surface area contributed by atoms with Crippen molar-refractivity contribution < 1.29 is 33.3 Å². The van der Waals surface area contributed by atoms with Crippen molar-refractivity contribution in [3.05, 3.63) is 59.3 Å². The van der Waals surface area contributed by atoms with Gasteiger partial charge in [-0.3, -0.25) is 14.2 Å². The number of aromatic hydroxyl groups is 1. The Morgan fingerprint density at radius 1 is 1.13 bits per heavy atom. The van der Waals surface area contributed by atoms with E-state index < -0.39 is 24.4 Å². The smallest absolute Gasteiger partial charge is 0.387 e. The fraction of sp³-hybridized carbons (Fsp3) is 0.304. The summed E-state index contributed by atoms with van der Waals surface area (Å²) in [7, 11) is 0. The molecule has 1 aromatic heterocycles. The number of phenols is 1. The Labute approximate surface area is 176 Å². The van der Waals surface area contributed by atoms with Crippen LogP contribution in [0.3, 0.4) is 0 Å². The summed E-state index contributed by atoms with van der Waals surface area (Å²) in [6, 6.07) is 9.82. The van der Waals surface area contributed by atoms with Crippen LogP contribution in [0.25, 0.3) is 10.9 Å². The number of ether oxygens (including phenoxy) is 1. The normalized spacial score (nSPS) is 15.1. The number of carboxylic acid groups (broad SMARTS) is 1. The van der Waals surface area contributed by atoms with E-state index in [-0.39, 0.29) is 23.0 Å². The fourth-order valence-corrected chi connectivity index (χ4v) is 4.33. The van der Waals surface area contributed by atoms with Gasteiger partial charge in [0.25, 0.3) is 5.91 Å². The van der Waals surface area contributed by atoms with Crippen LogP contribution in [0.1, 0.15) is 46.8 Å². The highest BCUT2D eigenvalue weighted by Gasteiger charge is 2.38. The minimum absolute atomic E-state index is 0.0235. The standard InChI is InChI=1S/C23H21F2NO5/c1-12-19(20(22(29)30)13-3-2-4-13)17-11-15(27)7-10-18(17)26(12)21(28)14-5-8-16(9-6-14)31-23(24)25/h5-11,13,20,23,27H,2-4H2,1H3,(H,29,30). The maximum absolute atomic E-state index is 13.3. The van der Waals surface area contributed by atoms with E-state index in [1.807, 2.05) is 0 Å². The zero-order chi connectivity index (χ0) is 22.3. The molecule has 1 heterocycles. The summed E-state index contributed by atoms with van der Waals surface area (Å²) in [5.41, 5.74) is 1.72. The molecule has 1 atom stereocenters. The molecule has 1 unspecified atom stereocenters. The van der Waals surface area contributed by atoms with Gasteiger partial charge in [-0.25, -0.2) is 0 Å². The number of aliphatic carboxylic acids is 1. The number of hydrogen-bond acceptors (Lipinski definition) is 4. The van der Waals surface area contributed by atoms with E-state index in [1.54, 1.807) is 13.0 Å². The molecule has 6 nitrogen and oxygen atoms in total. The van der Waals surface area contributed by atoms with Crippen LogP contribution in [0.2, 0.25) is 0 Å². The number of carbonyl (C=O) groups excluding carboxylic acids is 1. The van der Waals surface area contributed by atoms with Crippen molar-refractivity contribution in [2.75, 3.05) is 0 Å². The second-order valence-corrected chi connectivity index (χ2v) is 7.75. The molecule has 0 amide bonds. The van der Waals surface area contributed by atoms with E-state index in [9.17, 15) is 28.6 Å². The Morgan fingerprint density at radius 2 is 1.81 bits per heavy atom. The predicted molar refractivity (Wildman–Crippen MR) is 109 cm³/mol. The second kappa shape index (κ2) is 8.02. The van der Waals surface area contributed by atoms with Crippen LogP contribution < -0.4 is 4.74 Å². The summed E-state index contributed by atoms with van der Waals surface area (Å²) in [4.78, 5) is 25.5. The van der Waals surface area contributed by atoms with E-state index in [0.29, 0.717) is 22.2 Å². The Bertz CT molecular complexity index is 1150. The minimum Gasteiger partial charge on any atom is -0.508 e. The van der Waals surface area contributed by atoms with Gasteiger partial charge < -0.3 is 14.9 Å². The van der Waals surface area contributed by atoms with E-state index >= 15 is 0 Å². The maximum atomic E-state index is 13.3. The van der Waals surface area contributed by atoms with Gasteiger partial charge in [0, 0.05) is 16.6 Å². The van der Waals surface area contributed by atoms with Gasteiger partial charge in [-0.05, 0) is 73.7 Å². The molecule has 162 valence electrons. The quantitative estimate of drug-likeness (QED) is 0.581. The first kappa shape index (κ1) is 20.8.